The van der Waals surface area contributed by atoms with Gasteiger partial charge in [-0.15, -0.1) is 0 Å². The molecule has 0 aliphatic heterocycles. The fourth-order valence-corrected chi connectivity index (χ4v) is 5.09. The van der Waals surface area contributed by atoms with Gasteiger partial charge in [-0.2, -0.15) is 4.57 Å². The number of imidazole rings is 1. The van der Waals surface area contributed by atoms with Crippen LogP contribution < -0.4 is 21.7 Å². The molecule has 0 atom stereocenters. The largest absolute Gasteiger partial charge is 1.00 e. The Morgan fingerprint density at radius 3 is 2.38 bits per heavy atom. The Balaban J connectivity index is 0.00000380. The highest BCUT2D eigenvalue weighted by atomic mass is 35.5. The Morgan fingerprint density at radius 2 is 1.73 bits per heavy atom. The summed E-state index contributed by atoms with van der Waals surface area (Å²) in [6.45, 7) is 13.0. The highest BCUT2D eigenvalue weighted by Crippen LogP contribution is 2.37. The average molecular weight is 579 g/mol. The fourth-order valence-electron chi connectivity index (χ4n) is 3.79. The molecule has 0 aliphatic rings. The van der Waals surface area contributed by atoms with Gasteiger partial charge in [0.1, 0.15) is 11.6 Å². The zero-order chi connectivity index (χ0) is 26.1. The van der Waals surface area contributed by atoms with Gasteiger partial charge in [-0.05, 0) is 66.2 Å². The lowest BCUT2D eigenvalue weighted by atomic mass is 10.2. The molecule has 0 unspecified atom stereocenters. The summed E-state index contributed by atoms with van der Waals surface area (Å²) in [6.07, 6.45) is 4.17. The normalized spacial score (nSPS) is 12.0. The van der Waals surface area contributed by atoms with E-state index in [4.69, 9.17) is 37.3 Å². The number of aromatic nitrogens is 3. The summed E-state index contributed by atoms with van der Waals surface area (Å²) in [5, 5.41) is 1.46. The lowest BCUT2D eigenvalue weighted by Gasteiger charge is -2.36. The van der Waals surface area contributed by atoms with E-state index < -0.39 is 8.32 Å². The van der Waals surface area contributed by atoms with Crippen LogP contribution in [0.25, 0.3) is 11.0 Å². The van der Waals surface area contributed by atoms with Gasteiger partial charge in [0.25, 0.3) is 0 Å². The number of pyridine rings is 1. The minimum atomic E-state index is -1.96. The van der Waals surface area contributed by atoms with Crippen LogP contribution >= 0.6 is 23.2 Å². The maximum Gasteiger partial charge on any atom is 0.197 e. The van der Waals surface area contributed by atoms with Gasteiger partial charge in [-0.1, -0.05) is 44.0 Å². The van der Waals surface area contributed by atoms with Crippen molar-refractivity contribution in [1.29, 1.82) is 0 Å². The van der Waals surface area contributed by atoms with E-state index in [9.17, 15) is 0 Å². The fraction of sp³-hybridized carbons (Fsp3) is 0.357. The summed E-state index contributed by atoms with van der Waals surface area (Å²) in [6, 6.07) is 15.8. The van der Waals surface area contributed by atoms with E-state index in [0.29, 0.717) is 23.2 Å². The Bertz CT molecular complexity index is 1370. The molecule has 0 spiro atoms. The predicted octanol–water partition coefficient (Wildman–Crippen LogP) is 4.26. The van der Waals surface area contributed by atoms with Gasteiger partial charge in [0.15, 0.2) is 32.8 Å². The molecular weight excluding hydrogens is 545 g/mol. The first kappa shape index (κ1) is 29.5. The number of fused-ring (bicyclic) bond motifs is 1. The Kier molecular flexibility index (Phi) is 9.35. The second kappa shape index (κ2) is 11.7. The van der Waals surface area contributed by atoms with Crippen LogP contribution in [0.5, 0.6) is 5.75 Å². The van der Waals surface area contributed by atoms with Crippen molar-refractivity contribution < 1.29 is 26.1 Å². The van der Waals surface area contributed by atoms with Crippen molar-refractivity contribution in [2.75, 3.05) is 7.11 Å². The molecule has 198 valence electrons. The van der Waals surface area contributed by atoms with Crippen molar-refractivity contribution in [1.82, 2.24) is 9.55 Å². The van der Waals surface area contributed by atoms with Gasteiger partial charge in [0.2, 0.25) is 0 Å². The summed E-state index contributed by atoms with van der Waals surface area (Å²) in [4.78, 5) is 5.02. The third-order valence-corrected chi connectivity index (χ3v) is 12.1. The summed E-state index contributed by atoms with van der Waals surface area (Å²) >= 11 is 12.8. The van der Waals surface area contributed by atoms with E-state index in [1.54, 1.807) is 7.11 Å². The van der Waals surface area contributed by atoms with Crippen LogP contribution in [0, 0.1) is 0 Å². The first-order valence-electron chi connectivity index (χ1n) is 12.1. The standard InChI is InChI=1S/C28H34Cl2N3O2Si.ClH/c1-28(2,3)36(5,6)35-19-27-31-25-18-32(16-20-7-10-23(34-4)11-8-20)14-13-26(25)33(27)17-21-15-22(29)9-12-24(21)30;/h7-15,18H,16-17,19H2,1-6H3;1H/q+1;/p-1. The molecule has 0 fully saturated rings. The molecule has 0 N–H and O–H groups in total. The first-order valence-corrected chi connectivity index (χ1v) is 15.7. The molecule has 2 aromatic carbocycles. The third kappa shape index (κ3) is 6.87. The van der Waals surface area contributed by atoms with Gasteiger partial charge in [0.05, 0.1) is 25.8 Å². The zero-order valence-electron chi connectivity index (χ0n) is 22.2. The van der Waals surface area contributed by atoms with Crippen LogP contribution in [0.2, 0.25) is 28.2 Å². The summed E-state index contributed by atoms with van der Waals surface area (Å²) in [5.41, 5.74) is 4.09. The number of hydrogen-bond acceptors (Lipinski definition) is 3. The molecular formula is C28H34Cl3N3O2Si. The monoisotopic (exact) mass is 577 g/mol. The molecule has 0 saturated carbocycles. The highest BCUT2D eigenvalue weighted by Gasteiger charge is 2.37. The summed E-state index contributed by atoms with van der Waals surface area (Å²) in [7, 11) is -0.280. The Labute approximate surface area is 236 Å². The van der Waals surface area contributed by atoms with E-state index in [0.717, 1.165) is 34.7 Å². The molecule has 4 rings (SSSR count). The van der Waals surface area contributed by atoms with E-state index in [2.05, 4.69) is 73.6 Å². The maximum atomic E-state index is 6.57. The van der Waals surface area contributed by atoms with Gasteiger partial charge >= 0.3 is 0 Å². The molecule has 0 saturated heterocycles. The Morgan fingerprint density at radius 1 is 1.03 bits per heavy atom. The molecule has 37 heavy (non-hydrogen) atoms. The van der Waals surface area contributed by atoms with Crippen molar-refractivity contribution >= 4 is 42.6 Å². The van der Waals surface area contributed by atoms with Gasteiger partial charge in [-0.25, -0.2) is 4.98 Å². The summed E-state index contributed by atoms with van der Waals surface area (Å²) in [5.74, 6) is 1.73. The lowest BCUT2D eigenvalue weighted by Crippen LogP contribution is -3.00. The lowest BCUT2D eigenvalue weighted by molar-refractivity contribution is -0.687. The molecule has 9 heteroatoms. The number of benzene rings is 2. The predicted molar refractivity (Wildman–Crippen MR) is 150 cm³/mol. The molecule has 0 bridgehead atoms. The van der Waals surface area contributed by atoms with E-state index in [-0.39, 0.29) is 17.4 Å². The number of halogens is 3. The van der Waals surface area contributed by atoms with Crippen molar-refractivity contribution in [3.63, 3.8) is 0 Å². The molecule has 0 radical (unpaired) electrons. The van der Waals surface area contributed by atoms with Crippen LogP contribution in [-0.2, 0) is 24.1 Å². The van der Waals surface area contributed by atoms with E-state index in [1.807, 2.05) is 30.3 Å². The SMILES string of the molecule is COc1ccc(C[n+]2ccc3c(c2)nc(CO[Si](C)(C)C(C)(C)C)n3Cc2cc(Cl)ccc2Cl)cc1.[Cl-]. The number of nitrogens with zero attached hydrogens (tertiary/aromatic N) is 3. The van der Waals surface area contributed by atoms with Crippen LogP contribution in [0.4, 0.5) is 0 Å². The molecule has 2 heterocycles. The van der Waals surface area contributed by atoms with Gasteiger partial charge in [-0.3, -0.25) is 0 Å². The topological polar surface area (TPSA) is 40.2 Å². The zero-order valence-corrected chi connectivity index (χ0v) is 25.5. The number of hydrogen-bond donors (Lipinski definition) is 0. The molecule has 5 nitrogen and oxygen atoms in total. The van der Waals surface area contributed by atoms with Crippen molar-refractivity contribution in [2.24, 2.45) is 0 Å². The number of ether oxygens (including phenoxy) is 1. The molecule has 0 amide bonds. The van der Waals surface area contributed by atoms with Crippen molar-refractivity contribution in [3.8, 4) is 5.75 Å². The summed E-state index contributed by atoms with van der Waals surface area (Å²) < 4.78 is 16.2. The minimum Gasteiger partial charge on any atom is -1.00 e. The quantitative estimate of drug-likeness (QED) is 0.232. The third-order valence-electron chi connectivity index (χ3n) is 7.06. The van der Waals surface area contributed by atoms with Crippen molar-refractivity contribution in [2.45, 2.75) is 58.6 Å². The molecule has 0 aliphatic carbocycles. The number of rotatable bonds is 8. The Hall–Kier alpha value is -2.09. The van der Waals surface area contributed by atoms with Gasteiger partial charge < -0.3 is 26.1 Å². The van der Waals surface area contributed by atoms with Crippen molar-refractivity contribution in [3.05, 3.63) is 87.9 Å². The highest BCUT2D eigenvalue weighted by molar-refractivity contribution is 6.74. The number of methoxy groups -OCH3 is 1. The van der Waals surface area contributed by atoms with Crippen LogP contribution in [-0.4, -0.2) is 25.0 Å². The van der Waals surface area contributed by atoms with Crippen LogP contribution in [0.1, 0.15) is 37.7 Å². The smallest absolute Gasteiger partial charge is 0.197 e. The van der Waals surface area contributed by atoms with E-state index in [1.165, 1.54) is 5.56 Å². The molecule has 4 aromatic rings. The second-order valence-corrected chi connectivity index (χ2v) is 16.3. The van der Waals surface area contributed by atoms with E-state index >= 15 is 0 Å². The molecule has 2 aromatic heterocycles. The first-order chi connectivity index (χ1) is 17.0. The maximum absolute atomic E-state index is 6.57. The minimum absolute atomic E-state index is 0. The second-order valence-electron chi connectivity index (χ2n) is 10.6. The van der Waals surface area contributed by atoms with Crippen LogP contribution in [0.15, 0.2) is 60.9 Å². The average Bonchev–Trinajstić information content (AvgIpc) is 3.16. The van der Waals surface area contributed by atoms with Crippen LogP contribution in [0.3, 0.4) is 0 Å². The van der Waals surface area contributed by atoms with Gasteiger partial charge in [0, 0.05) is 21.7 Å².